The molecule has 6 nitrogen and oxygen atoms in total. The lowest BCUT2D eigenvalue weighted by molar-refractivity contribution is -0.129. The van der Waals surface area contributed by atoms with Crippen molar-refractivity contribution in [3.8, 4) is 5.75 Å². The molecule has 2 amide bonds. The van der Waals surface area contributed by atoms with Crippen LogP contribution in [0.3, 0.4) is 0 Å². The highest BCUT2D eigenvalue weighted by Crippen LogP contribution is 2.24. The molecule has 152 valence electrons. The molecule has 0 spiro atoms. The second-order valence-electron chi connectivity index (χ2n) is 6.75. The fraction of sp³-hybridized carbons (Fsp3) is 0.273. The SMILES string of the molecule is COc1ccc(Br)cc1/C=C/C(=O)Nc1ccc(N2CCN(C(C)=O)CC2)cc1. The fourth-order valence-corrected chi connectivity index (χ4v) is 3.60. The average molecular weight is 458 g/mol. The van der Waals surface area contributed by atoms with Gasteiger partial charge in [0.15, 0.2) is 0 Å². The number of methoxy groups -OCH3 is 1. The third-order valence-corrected chi connectivity index (χ3v) is 5.32. The van der Waals surface area contributed by atoms with Gasteiger partial charge in [-0.3, -0.25) is 9.59 Å². The Morgan fingerprint density at radius 2 is 1.76 bits per heavy atom. The third kappa shape index (κ3) is 5.60. The zero-order chi connectivity index (χ0) is 20.8. The van der Waals surface area contributed by atoms with Gasteiger partial charge in [0.25, 0.3) is 0 Å². The first-order valence-corrected chi connectivity index (χ1v) is 10.2. The minimum Gasteiger partial charge on any atom is -0.496 e. The summed E-state index contributed by atoms with van der Waals surface area (Å²) in [6.07, 6.45) is 3.21. The average Bonchev–Trinajstić information content (AvgIpc) is 2.73. The van der Waals surface area contributed by atoms with E-state index in [9.17, 15) is 9.59 Å². The van der Waals surface area contributed by atoms with Gasteiger partial charge in [0.2, 0.25) is 11.8 Å². The Kier molecular flexibility index (Phi) is 6.93. The molecule has 29 heavy (non-hydrogen) atoms. The number of halogens is 1. The highest BCUT2D eigenvalue weighted by Gasteiger charge is 2.18. The van der Waals surface area contributed by atoms with Crippen molar-refractivity contribution in [1.82, 2.24) is 4.90 Å². The van der Waals surface area contributed by atoms with Crippen LogP contribution >= 0.6 is 15.9 Å². The number of hydrogen-bond donors (Lipinski definition) is 1. The maximum atomic E-state index is 12.3. The lowest BCUT2D eigenvalue weighted by Crippen LogP contribution is -2.48. The van der Waals surface area contributed by atoms with Crippen LogP contribution in [0.1, 0.15) is 12.5 Å². The van der Waals surface area contributed by atoms with Crippen molar-refractivity contribution < 1.29 is 14.3 Å². The summed E-state index contributed by atoms with van der Waals surface area (Å²) >= 11 is 3.42. The Balaban J connectivity index is 1.58. The monoisotopic (exact) mass is 457 g/mol. The van der Waals surface area contributed by atoms with Gasteiger partial charge in [0, 0.05) is 60.6 Å². The largest absolute Gasteiger partial charge is 0.496 e. The van der Waals surface area contributed by atoms with Crippen molar-refractivity contribution in [2.45, 2.75) is 6.92 Å². The molecule has 1 fully saturated rings. The van der Waals surface area contributed by atoms with E-state index >= 15 is 0 Å². The van der Waals surface area contributed by atoms with Crippen molar-refractivity contribution in [2.24, 2.45) is 0 Å². The summed E-state index contributed by atoms with van der Waals surface area (Å²) in [4.78, 5) is 27.8. The molecular formula is C22H24BrN3O3. The summed E-state index contributed by atoms with van der Waals surface area (Å²) in [5, 5.41) is 2.87. The van der Waals surface area contributed by atoms with Crippen molar-refractivity contribution in [1.29, 1.82) is 0 Å². The standard InChI is InChI=1S/C22H24BrN3O3/c1-16(27)25-11-13-26(14-12-25)20-7-5-19(6-8-20)24-22(28)10-3-17-15-18(23)4-9-21(17)29-2/h3-10,15H,11-14H2,1-2H3,(H,24,28)/b10-3+. The predicted octanol–water partition coefficient (Wildman–Crippen LogP) is 3.78. The Morgan fingerprint density at radius 3 is 2.38 bits per heavy atom. The summed E-state index contributed by atoms with van der Waals surface area (Å²) in [6, 6.07) is 13.4. The van der Waals surface area contributed by atoms with Gasteiger partial charge < -0.3 is 19.9 Å². The normalized spacial score (nSPS) is 14.2. The molecule has 0 atom stereocenters. The second kappa shape index (κ2) is 9.60. The van der Waals surface area contributed by atoms with Crippen molar-refractivity contribution >= 4 is 45.2 Å². The van der Waals surface area contributed by atoms with Crippen LogP contribution in [0.4, 0.5) is 11.4 Å². The highest BCUT2D eigenvalue weighted by molar-refractivity contribution is 9.10. The van der Waals surface area contributed by atoms with Crippen LogP contribution in [0.2, 0.25) is 0 Å². The molecule has 0 saturated carbocycles. The molecule has 3 rings (SSSR count). The summed E-state index contributed by atoms with van der Waals surface area (Å²) < 4.78 is 6.23. The summed E-state index contributed by atoms with van der Waals surface area (Å²) in [5.74, 6) is 0.609. The minimum atomic E-state index is -0.213. The topological polar surface area (TPSA) is 61.9 Å². The predicted molar refractivity (Wildman–Crippen MR) is 119 cm³/mol. The smallest absolute Gasteiger partial charge is 0.248 e. The van der Waals surface area contributed by atoms with Crippen LogP contribution in [0.5, 0.6) is 5.75 Å². The number of piperazine rings is 1. The molecule has 0 bridgehead atoms. The van der Waals surface area contributed by atoms with Crippen LogP contribution in [-0.2, 0) is 9.59 Å². The number of ether oxygens (including phenoxy) is 1. The molecular weight excluding hydrogens is 434 g/mol. The molecule has 0 radical (unpaired) electrons. The molecule has 1 aliphatic rings. The Bertz CT molecular complexity index is 904. The van der Waals surface area contributed by atoms with Crippen LogP contribution in [-0.4, -0.2) is 50.0 Å². The first-order chi connectivity index (χ1) is 14.0. The lowest BCUT2D eigenvalue weighted by Gasteiger charge is -2.35. The van der Waals surface area contributed by atoms with E-state index < -0.39 is 0 Å². The van der Waals surface area contributed by atoms with E-state index in [1.54, 1.807) is 20.1 Å². The molecule has 1 saturated heterocycles. The molecule has 2 aromatic carbocycles. The summed E-state index contributed by atoms with van der Waals surface area (Å²) in [5.41, 5.74) is 2.63. The number of anilines is 2. The Morgan fingerprint density at radius 1 is 1.07 bits per heavy atom. The number of nitrogens with zero attached hydrogens (tertiary/aromatic N) is 2. The zero-order valence-corrected chi connectivity index (χ0v) is 18.1. The maximum absolute atomic E-state index is 12.3. The molecule has 1 heterocycles. The van der Waals surface area contributed by atoms with Crippen LogP contribution in [0.15, 0.2) is 53.0 Å². The van der Waals surface area contributed by atoms with E-state index in [0.717, 1.165) is 47.6 Å². The molecule has 0 aromatic heterocycles. The Labute approximate surface area is 179 Å². The van der Waals surface area contributed by atoms with E-state index in [1.807, 2.05) is 47.4 Å². The second-order valence-corrected chi connectivity index (χ2v) is 7.66. The Hall–Kier alpha value is -2.80. The van der Waals surface area contributed by atoms with E-state index in [4.69, 9.17) is 4.74 Å². The fourth-order valence-electron chi connectivity index (χ4n) is 3.22. The van der Waals surface area contributed by atoms with Crippen LogP contribution in [0, 0.1) is 0 Å². The molecule has 7 heteroatoms. The van der Waals surface area contributed by atoms with Gasteiger partial charge in [-0.05, 0) is 48.5 Å². The third-order valence-electron chi connectivity index (χ3n) is 4.83. The first-order valence-electron chi connectivity index (χ1n) is 9.39. The van der Waals surface area contributed by atoms with E-state index in [-0.39, 0.29) is 11.8 Å². The first kappa shape index (κ1) is 20.9. The number of carbonyl (C=O) groups is 2. The lowest BCUT2D eigenvalue weighted by atomic mass is 10.2. The number of hydrogen-bond acceptors (Lipinski definition) is 4. The van der Waals surface area contributed by atoms with Crippen LogP contribution < -0.4 is 15.0 Å². The van der Waals surface area contributed by atoms with E-state index in [0.29, 0.717) is 5.75 Å². The molecule has 1 aliphatic heterocycles. The summed E-state index contributed by atoms with van der Waals surface area (Å²) in [7, 11) is 1.60. The molecule has 0 unspecified atom stereocenters. The maximum Gasteiger partial charge on any atom is 0.248 e. The van der Waals surface area contributed by atoms with E-state index in [1.165, 1.54) is 6.08 Å². The van der Waals surface area contributed by atoms with Gasteiger partial charge in [0.1, 0.15) is 5.75 Å². The van der Waals surface area contributed by atoms with Crippen molar-refractivity contribution in [3.05, 3.63) is 58.6 Å². The molecule has 1 N–H and O–H groups in total. The van der Waals surface area contributed by atoms with Gasteiger partial charge in [-0.15, -0.1) is 0 Å². The molecule has 2 aromatic rings. The zero-order valence-electron chi connectivity index (χ0n) is 16.5. The van der Waals surface area contributed by atoms with E-state index in [2.05, 4.69) is 26.1 Å². The van der Waals surface area contributed by atoms with Crippen molar-refractivity contribution in [2.75, 3.05) is 43.5 Å². The van der Waals surface area contributed by atoms with Gasteiger partial charge in [-0.25, -0.2) is 0 Å². The number of benzene rings is 2. The number of carbonyl (C=O) groups excluding carboxylic acids is 2. The van der Waals surface area contributed by atoms with Gasteiger partial charge in [-0.2, -0.15) is 0 Å². The minimum absolute atomic E-state index is 0.122. The number of amides is 2. The van der Waals surface area contributed by atoms with Crippen LogP contribution in [0.25, 0.3) is 6.08 Å². The van der Waals surface area contributed by atoms with Gasteiger partial charge >= 0.3 is 0 Å². The summed E-state index contributed by atoms with van der Waals surface area (Å²) in [6.45, 7) is 4.69. The van der Waals surface area contributed by atoms with Crippen molar-refractivity contribution in [3.63, 3.8) is 0 Å². The quantitative estimate of drug-likeness (QED) is 0.693. The highest BCUT2D eigenvalue weighted by atomic mass is 79.9. The van der Waals surface area contributed by atoms with Gasteiger partial charge in [0.05, 0.1) is 7.11 Å². The molecule has 0 aliphatic carbocycles. The number of rotatable bonds is 5. The number of nitrogens with one attached hydrogen (secondary N) is 1. The van der Waals surface area contributed by atoms with Gasteiger partial charge in [-0.1, -0.05) is 15.9 Å².